The Bertz CT molecular complexity index is 802. The molecule has 6 heteroatoms. The van der Waals surface area contributed by atoms with Crippen LogP contribution in [0.2, 0.25) is 0 Å². The molecular formula is C20H22N2O4. The molecule has 0 saturated heterocycles. The smallest absolute Gasteiger partial charge is 0.226 e. The van der Waals surface area contributed by atoms with Gasteiger partial charge in [-0.15, -0.1) is 0 Å². The van der Waals surface area contributed by atoms with Crippen molar-refractivity contribution in [2.24, 2.45) is 0 Å². The molecule has 1 aliphatic heterocycles. The number of aryl methyl sites for hydroxylation is 1. The second-order valence-corrected chi connectivity index (χ2v) is 6.27. The van der Waals surface area contributed by atoms with Gasteiger partial charge in [0.25, 0.3) is 0 Å². The summed E-state index contributed by atoms with van der Waals surface area (Å²) in [6.45, 7) is 4.45. The summed E-state index contributed by atoms with van der Waals surface area (Å²) in [6, 6.07) is 12.7. The van der Waals surface area contributed by atoms with Gasteiger partial charge in [-0.3, -0.25) is 9.59 Å². The third-order valence-electron chi connectivity index (χ3n) is 4.07. The van der Waals surface area contributed by atoms with E-state index in [-0.39, 0.29) is 24.3 Å². The summed E-state index contributed by atoms with van der Waals surface area (Å²) in [5, 5.41) is 5.69. The molecule has 1 heterocycles. The lowest BCUT2D eigenvalue weighted by atomic mass is 10.0. The van der Waals surface area contributed by atoms with Gasteiger partial charge >= 0.3 is 0 Å². The van der Waals surface area contributed by atoms with Crippen molar-refractivity contribution in [1.82, 2.24) is 5.32 Å². The molecule has 0 saturated carbocycles. The molecule has 0 unspecified atom stereocenters. The van der Waals surface area contributed by atoms with Crippen LogP contribution in [0.1, 0.15) is 30.5 Å². The number of hydrogen-bond donors (Lipinski definition) is 2. The number of carbonyl (C=O) groups is 2. The van der Waals surface area contributed by atoms with E-state index in [4.69, 9.17) is 9.47 Å². The molecule has 0 aromatic heterocycles. The van der Waals surface area contributed by atoms with Gasteiger partial charge in [0.05, 0.1) is 12.5 Å². The monoisotopic (exact) mass is 354 g/mol. The number of amides is 2. The Labute approximate surface area is 152 Å². The molecule has 1 atom stereocenters. The van der Waals surface area contributed by atoms with E-state index >= 15 is 0 Å². The molecule has 26 heavy (non-hydrogen) atoms. The van der Waals surface area contributed by atoms with Gasteiger partial charge in [0.2, 0.25) is 11.8 Å². The summed E-state index contributed by atoms with van der Waals surface area (Å²) >= 11 is 0. The van der Waals surface area contributed by atoms with Crippen molar-refractivity contribution >= 4 is 17.5 Å². The van der Waals surface area contributed by atoms with Gasteiger partial charge in [-0.1, -0.05) is 29.8 Å². The van der Waals surface area contributed by atoms with Gasteiger partial charge in [-0.2, -0.15) is 0 Å². The number of anilines is 1. The number of fused-ring (bicyclic) bond motifs is 1. The van der Waals surface area contributed by atoms with Crippen LogP contribution in [0.4, 0.5) is 5.69 Å². The van der Waals surface area contributed by atoms with Crippen molar-refractivity contribution in [3.05, 3.63) is 53.6 Å². The molecule has 2 aromatic rings. The van der Waals surface area contributed by atoms with Crippen molar-refractivity contribution < 1.29 is 19.1 Å². The van der Waals surface area contributed by atoms with Crippen LogP contribution >= 0.6 is 0 Å². The number of ether oxygens (including phenoxy) is 2. The maximum absolute atomic E-state index is 12.5. The Morgan fingerprint density at radius 3 is 2.42 bits per heavy atom. The van der Waals surface area contributed by atoms with Crippen LogP contribution in [0.15, 0.2) is 42.5 Å². The van der Waals surface area contributed by atoms with E-state index in [1.54, 1.807) is 18.2 Å². The van der Waals surface area contributed by atoms with Crippen LogP contribution in [0.25, 0.3) is 0 Å². The van der Waals surface area contributed by atoms with Gasteiger partial charge in [-0.05, 0) is 24.6 Å². The zero-order chi connectivity index (χ0) is 18.5. The SMILES string of the molecule is CC(=O)N[C@H](CC(=O)Nc1ccc2c(c1)OCCO2)c1ccc(C)cc1. The molecule has 2 aromatic carbocycles. The second kappa shape index (κ2) is 7.91. The summed E-state index contributed by atoms with van der Waals surface area (Å²) in [5.74, 6) is 0.916. The first-order valence-electron chi connectivity index (χ1n) is 8.54. The van der Waals surface area contributed by atoms with Crippen molar-refractivity contribution in [3.63, 3.8) is 0 Å². The highest BCUT2D eigenvalue weighted by Gasteiger charge is 2.18. The highest BCUT2D eigenvalue weighted by Crippen LogP contribution is 2.32. The molecule has 0 bridgehead atoms. The first-order valence-corrected chi connectivity index (χ1v) is 8.54. The molecular weight excluding hydrogens is 332 g/mol. The maximum atomic E-state index is 12.5. The predicted molar refractivity (Wildman–Crippen MR) is 98.4 cm³/mol. The van der Waals surface area contributed by atoms with E-state index in [0.29, 0.717) is 30.4 Å². The van der Waals surface area contributed by atoms with Crippen molar-refractivity contribution in [3.8, 4) is 11.5 Å². The standard InChI is InChI=1S/C20H22N2O4/c1-13-3-5-15(6-4-13)17(21-14(2)23)12-20(24)22-16-7-8-18-19(11-16)26-10-9-25-18/h3-8,11,17H,9-10,12H2,1-2H3,(H,21,23)(H,22,24)/t17-/m1/s1. The predicted octanol–water partition coefficient (Wildman–Crippen LogP) is 2.97. The minimum absolute atomic E-state index is 0.136. The fourth-order valence-electron chi connectivity index (χ4n) is 2.81. The first-order chi connectivity index (χ1) is 12.5. The Morgan fingerprint density at radius 2 is 1.73 bits per heavy atom. The fourth-order valence-corrected chi connectivity index (χ4v) is 2.81. The Hall–Kier alpha value is -3.02. The molecule has 0 aliphatic carbocycles. The van der Waals surface area contributed by atoms with Crippen LogP contribution in [0.3, 0.4) is 0 Å². The van der Waals surface area contributed by atoms with Gasteiger partial charge < -0.3 is 20.1 Å². The summed E-state index contributed by atoms with van der Waals surface area (Å²) in [5.41, 5.74) is 2.64. The highest BCUT2D eigenvalue weighted by molar-refractivity contribution is 5.92. The summed E-state index contributed by atoms with van der Waals surface area (Å²) < 4.78 is 11.0. The van der Waals surface area contributed by atoms with E-state index in [9.17, 15) is 9.59 Å². The van der Waals surface area contributed by atoms with E-state index < -0.39 is 0 Å². The third kappa shape index (κ3) is 4.53. The van der Waals surface area contributed by atoms with Crippen LogP contribution in [0, 0.1) is 6.92 Å². The lowest BCUT2D eigenvalue weighted by molar-refractivity contribution is -0.120. The van der Waals surface area contributed by atoms with Gasteiger partial charge in [-0.25, -0.2) is 0 Å². The van der Waals surface area contributed by atoms with Crippen molar-refractivity contribution in [2.45, 2.75) is 26.3 Å². The molecule has 2 N–H and O–H groups in total. The zero-order valence-corrected chi connectivity index (χ0v) is 14.9. The normalized spacial score (nSPS) is 13.6. The van der Waals surface area contributed by atoms with Crippen LogP contribution in [-0.2, 0) is 9.59 Å². The van der Waals surface area contributed by atoms with Crippen LogP contribution in [0.5, 0.6) is 11.5 Å². The minimum atomic E-state index is -0.384. The lowest BCUT2D eigenvalue weighted by Gasteiger charge is -2.20. The lowest BCUT2D eigenvalue weighted by Crippen LogP contribution is -2.29. The minimum Gasteiger partial charge on any atom is -0.486 e. The topological polar surface area (TPSA) is 76.7 Å². The summed E-state index contributed by atoms with van der Waals surface area (Å²) in [6.07, 6.45) is 0.136. The summed E-state index contributed by atoms with van der Waals surface area (Å²) in [4.78, 5) is 24.0. The van der Waals surface area contributed by atoms with E-state index in [0.717, 1.165) is 11.1 Å². The maximum Gasteiger partial charge on any atom is 0.226 e. The van der Waals surface area contributed by atoms with E-state index in [1.165, 1.54) is 6.92 Å². The molecule has 136 valence electrons. The van der Waals surface area contributed by atoms with Crippen molar-refractivity contribution in [1.29, 1.82) is 0 Å². The van der Waals surface area contributed by atoms with E-state index in [1.807, 2.05) is 31.2 Å². The number of rotatable bonds is 5. The highest BCUT2D eigenvalue weighted by atomic mass is 16.6. The Balaban J connectivity index is 1.69. The Kier molecular flexibility index (Phi) is 5.41. The molecule has 6 nitrogen and oxygen atoms in total. The van der Waals surface area contributed by atoms with Crippen LogP contribution < -0.4 is 20.1 Å². The van der Waals surface area contributed by atoms with Gasteiger partial charge in [0.1, 0.15) is 13.2 Å². The Morgan fingerprint density at radius 1 is 1.04 bits per heavy atom. The molecule has 3 rings (SSSR count). The molecule has 1 aliphatic rings. The molecule has 0 spiro atoms. The third-order valence-corrected chi connectivity index (χ3v) is 4.07. The van der Waals surface area contributed by atoms with Crippen LogP contribution in [-0.4, -0.2) is 25.0 Å². The summed E-state index contributed by atoms with van der Waals surface area (Å²) in [7, 11) is 0. The second-order valence-electron chi connectivity index (χ2n) is 6.27. The first kappa shape index (κ1) is 17.8. The van der Waals surface area contributed by atoms with Gasteiger partial charge in [0.15, 0.2) is 11.5 Å². The average molecular weight is 354 g/mol. The zero-order valence-electron chi connectivity index (χ0n) is 14.9. The number of carbonyl (C=O) groups excluding carboxylic acids is 2. The number of hydrogen-bond acceptors (Lipinski definition) is 4. The largest absolute Gasteiger partial charge is 0.486 e. The number of benzene rings is 2. The quantitative estimate of drug-likeness (QED) is 0.865. The fraction of sp³-hybridized carbons (Fsp3) is 0.300. The number of nitrogens with one attached hydrogen (secondary N) is 2. The van der Waals surface area contributed by atoms with Crippen molar-refractivity contribution in [2.75, 3.05) is 18.5 Å². The molecule has 0 radical (unpaired) electrons. The van der Waals surface area contributed by atoms with E-state index in [2.05, 4.69) is 10.6 Å². The average Bonchev–Trinajstić information content (AvgIpc) is 2.61. The molecule has 0 fully saturated rings. The molecule has 2 amide bonds. The van der Waals surface area contributed by atoms with Gasteiger partial charge in [0, 0.05) is 18.7 Å².